The Morgan fingerprint density at radius 1 is 0.833 bits per heavy atom. The Kier molecular flexibility index (Phi) is 7.98. The highest BCUT2D eigenvalue weighted by Crippen LogP contribution is 2.00. The molecule has 128 valence electrons. The van der Waals surface area contributed by atoms with Crippen molar-refractivity contribution >= 4 is 18.2 Å². The average Bonchev–Trinajstić information content (AvgIpc) is 2.49. The molecule has 0 aliphatic heterocycles. The van der Waals surface area contributed by atoms with Gasteiger partial charge in [0.15, 0.2) is 0 Å². The van der Waals surface area contributed by atoms with E-state index in [4.69, 9.17) is 4.79 Å². The van der Waals surface area contributed by atoms with Crippen LogP contribution in [0.3, 0.4) is 0 Å². The fraction of sp³-hybridized carbons (Fsp3) is 0.154. The monoisotopic (exact) mass is 338 g/mol. The first-order valence-corrected chi connectivity index (χ1v) is 6.18. The topological polar surface area (TPSA) is 169 Å². The second kappa shape index (κ2) is 9.40. The molecule has 0 fully saturated rings. The van der Waals surface area contributed by atoms with Crippen LogP contribution in [-0.2, 0) is 4.79 Å². The lowest BCUT2D eigenvalue weighted by Crippen LogP contribution is -2.07. The molecule has 0 atom stereocenters. The van der Waals surface area contributed by atoms with Crippen molar-refractivity contribution in [1.29, 1.82) is 0 Å². The molecule has 0 radical (unpaired) electrons. The van der Waals surface area contributed by atoms with Crippen molar-refractivity contribution in [1.82, 2.24) is 9.97 Å². The van der Waals surface area contributed by atoms with Gasteiger partial charge in [0.05, 0.1) is 22.2 Å². The minimum Gasteiger partial charge on any atom is -0.359 e. The number of hydrogen-bond donors (Lipinski definition) is 2. The number of hydrogen-bond acceptors (Lipinski definition) is 7. The lowest BCUT2D eigenvalue weighted by molar-refractivity contribution is -0.386. The number of carbonyl (C=O) groups excluding carboxylic acids is 1. The smallest absolute Gasteiger partial charge is 0.332 e. The van der Waals surface area contributed by atoms with E-state index in [2.05, 4.69) is 9.97 Å². The Hall–Kier alpha value is -3.63. The van der Waals surface area contributed by atoms with Crippen molar-refractivity contribution in [3.05, 3.63) is 76.6 Å². The van der Waals surface area contributed by atoms with E-state index in [0.29, 0.717) is 11.4 Å². The van der Waals surface area contributed by atoms with Gasteiger partial charge in [0.1, 0.15) is 6.79 Å². The van der Waals surface area contributed by atoms with Crippen LogP contribution in [0, 0.1) is 34.1 Å². The Labute approximate surface area is 134 Å². The number of H-pyrrole nitrogens is 2. The fourth-order valence-electron chi connectivity index (χ4n) is 1.42. The summed E-state index contributed by atoms with van der Waals surface area (Å²) >= 11 is 0. The molecule has 0 saturated heterocycles. The predicted octanol–water partition coefficient (Wildman–Crippen LogP) is 0.998. The van der Waals surface area contributed by atoms with Gasteiger partial charge in [-0.05, 0) is 13.8 Å². The fourth-order valence-corrected chi connectivity index (χ4v) is 1.42. The zero-order chi connectivity index (χ0) is 18.9. The van der Waals surface area contributed by atoms with E-state index in [-0.39, 0.29) is 0 Å². The Bertz CT molecular complexity index is 771. The number of aromatic nitrogens is 2. The third kappa shape index (κ3) is 6.01. The summed E-state index contributed by atoms with van der Waals surface area (Å²) < 4.78 is 0. The van der Waals surface area contributed by atoms with E-state index >= 15 is 0 Å². The third-order valence-electron chi connectivity index (χ3n) is 2.47. The summed E-state index contributed by atoms with van der Waals surface area (Å²) in [5.41, 5.74) is -0.745. The van der Waals surface area contributed by atoms with E-state index in [1.54, 1.807) is 13.8 Å². The number of rotatable bonds is 2. The number of aryl methyl sites for hydroxylation is 2. The highest BCUT2D eigenvalue weighted by molar-refractivity contribution is 5.27. The highest BCUT2D eigenvalue weighted by atomic mass is 16.6. The van der Waals surface area contributed by atoms with Crippen LogP contribution in [0.2, 0.25) is 0 Å². The van der Waals surface area contributed by atoms with Crippen molar-refractivity contribution < 1.29 is 14.6 Å². The SMILES string of the molecule is C=O.Cc1cc(=O)c([N+](=O)[O-])c[nH]1.Cc1cc(=O)c([N+](=O)[O-])c[nH]1. The lowest BCUT2D eigenvalue weighted by Gasteiger charge is -1.90. The summed E-state index contributed by atoms with van der Waals surface area (Å²) in [6.07, 6.45) is 2.19. The van der Waals surface area contributed by atoms with Gasteiger partial charge in [-0.25, -0.2) is 0 Å². The molecule has 0 aromatic carbocycles. The number of nitro groups is 2. The molecule has 0 amide bonds. The number of pyridine rings is 2. The second-order valence-electron chi connectivity index (χ2n) is 4.25. The number of aromatic amines is 2. The minimum atomic E-state index is -0.710. The number of carbonyl (C=O) groups is 1. The van der Waals surface area contributed by atoms with Crippen LogP contribution in [0.25, 0.3) is 0 Å². The van der Waals surface area contributed by atoms with Crippen molar-refractivity contribution in [2.75, 3.05) is 0 Å². The second-order valence-corrected chi connectivity index (χ2v) is 4.25. The van der Waals surface area contributed by atoms with Crippen LogP contribution in [0.1, 0.15) is 11.4 Å². The molecule has 0 aliphatic carbocycles. The zero-order valence-corrected chi connectivity index (χ0v) is 12.8. The first kappa shape index (κ1) is 20.4. The van der Waals surface area contributed by atoms with Gasteiger partial charge >= 0.3 is 11.4 Å². The van der Waals surface area contributed by atoms with Crippen LogP contribution in [-0.4, -0.2) is 26.6 Å². The van der Waals surface area contributed by atoms with Crippen LogP contribution in [0.4, 0.5) is 11.4 Å². The summed E-state index contributed by atoms with van der Waals surface area (Å²) in [7, 11) is 0. The van der Waals surface area contributed by atoms with E-state index in [1.807, 2.05) is 6.79 Å². The Morgan fingerprint density at radius 3 is 1.33 bits per heavy atom. The maximum Gasteiger partial charge on any atom is 0.332 e. The largest absolute Gasteiger partial charge is 0.359 e. The lowest BCUT2D eigenvalue weighted by atomic mass is 10.3. The van der Waals surface area contributed by atoms with Gasteiger partial charge in [-0.2, -0.15) is 0 Å². The van der Waals surface area contributed by atoms with E-state index in [0.717, 1.165) is 12.4 Å². The molecule has 11 heteroatoms. The van der Waals surface area contributed by atoms with Crippen molar-refractivity contribution in [3.8, 4) is 0 Å². The van der Waals surface area contributed by atoms with E-state index < -0.39 is 32.1 Å². The van der Waals surface area contributed by atoms with E-state index in [1.165, 1.54) is 12.1 Å². The number of nitrogens with one attached hydrogen (secondary N) is 2. The van der Waals surface area contributed by atoms with Crippen molar-refractivity contribution in [3.63, 3.8) is 0 Å². The van der Waals surface area contributed by atoms with E-state index in [9.17, 15) is 29.8 Å². The summed E-state index contributed by atoms with van der Waals surface area (Å²) in [6, 6.07) is 2.39. The molecular weight excluding hydrogens is 324 g/mol. The van der Waals surface area contributed by atoms with Gasteiger partial charge in [0.25, 0.3) is 10.9 Å². The summed E-state index contributed by atoms with van der Waals surface area (Å²) in [5.74, 6) is 0. The highest BCUT2D eigenvalue weighted by Gasteiger charge is 2.10. The molecule has 2 N–H and O–H groups in total. The van der Waals surface area contributed by atoms with Gasteiger partial charge in [0.2, 0.25) is 0 Å². The molecule has 24 heavy (non-hydrogen) atoms. The standard InChI is InChI=1S/2C6H6N2O3.CH2O/c2*1-4-2-6(9)5(3-7-4)8(10)11;1-2/h2*2-3H,1H3,(H,7,9);1H2. The summed E-state index contributed by atoms with van der Waals surface area (Å²) in [4.78, 5) is 53.6. The normalized spacial score (nSPS) is 8.92. The molecule has 2 rings (SSSR count). The first-order chi connectivity index (χ1) is 11.2. The minimum absolute atomic E-state index is 0.421. The van der Waals surface area contributed by atoms with Gasteiger partial charge in [-0.15, -0.1) is 0 Å². The van der Waals surface area contributed by atoms with Crippen molar-refractivity contribution in [2.24, 2.45) is 0 Å². The Morgan fingerprint density at radius 2 is 1.12 bits per heavy atom. The summed E-state index contributed by atoms with van der Waals surface area (Å²) in [5, 5.41) is 20.2. The van der Waals surface area contributed by atoms with Crippen LogP contribution in [0.5, 0.6) is 0 Å². The molecule has 0 saturated carbocycles. The number of nitrogens with zero attached hydrogens (tertiary/aromatic N) is 2. The maximum atomic E-state index is 10.8. The zero-order valence-electron chi connectivity index (χ0n) is 12.8. The van der Waals surface area contributed by atoms with Gasteiger partial charge in [-0.3, -0.25) is 29.8 Å². The van der Waals surface area contributed by atoms with Gasteiger partial charge in [0, 0.05) is 23.5 Å². The quantitative estimate of drug-likeness (QED) is 0.607. The molecule has 0 bridgehead atoms. The van der Waals surface area contributed by atoms with Gasteiger partial charge in [-0.1, -0.05) is 0 Å². The molecular formula is C13H14N4O7. The molecule has 2 aromatic heterocycles. The molecule has 2 heterocycles. The maximum absolute atomic E-state index is 10.8. The Balaban J connectivity index is 0.000000400. The van der Waals surface area contributed by atoms with Crippen LogP contribution < -0.4 is 10.9 Å². The van der Waals surface area contributed by atoms with Crippen molar-refractivity contribution in [2.45, 2.75) is 13.8 Å². The third-order valence-corrected chi connectivity index (χ3v) is 2.47. The molecule has 2 aromatic rings. The average molecular weight is 338 g/mol. The summed E-state index contributed by atoms with van der Waals surface area (Å²) in [6.45, 7) is 5.32. The van der Waals surface area contributed by atoms with Gasteiger partial charge < -0.3 is 14.8 Å². The predicted molar refractivity (Wildman–Crippen MR) is 84.0 cm³/mol. The van der Waals surface area contributed by atoms with Crippen LogP contribution in [0.15, 0.2) is 34.1 Å². The first-order valence-electron chi connectivity index (χ1n) is 6.18. The molecule has 0 unspecified atom stereocenters. The molecule has 0 aliphatic rings. The molecule has 11 nitrogen and oxygen atoms in total. The molecule has 0 spiro atoms. The van der Waals surface area contributed by atoms with Crippen LogP contribution >= 0.6 is 0 Å².